The van der Waals surface area contributed by atoms with Crippen LogP contribution in [-0.2, 0) is 27.5 Å². The van der Waals surface area contributed by atoms with Crippen LogP contribution in [0.5, 0.6) is 0 Å². The monoisotopic (exact) mass is 315 g/mol. The van der Waals surface area contributed by atoms with Crippen LogP contribution < -0.4 is 4.90 Å². The summed E-state index contributed by atoms with van der Waals surface area (Å²) in [6.07, 6.45) is 1.64. The van der Waals surface area contributed by atoms with Gasteiger partial charge in [-0.2, -0.15) is 0 Å². The Bertz CT molecular complexity index is 695. The zero-order chi connectivity index (χ0) is 16.2. The third-order valence-corrected chi connectivity index (χ3v) is 3.79. The van der Waals surface area contributed by atoms with Gasteiger partial charge in [0.2, 0.25) is 5.91 Å². The van der Waals surface area contributed by atoms with Crippen LogP contribution in [0.1, 0.15) is 17.7 Å². The number of nitrogens with zero attached hydrogens (tertiary/aromatic N) is 1. The van der Waals surface area contributed by atoms with Gasteiger partial charge in [-0.3, -0.25) is 9.59 Å². The van der Waals surface area contributed by atoms with Gasteiger partial charge >= 0.3 is 5.97 Å². The minimum absolute atomic E-state index is 0.0502. The van der Waals surface area contributed by atoms with Crippen LogP contribution in [0.25, 0.3) is 0 Å². The Morgan fingerprint density at radius 1 is 1.30 bits per heavy atom. The molecule has 1 N–H and O–H groups in total. The van der Waals surface area contributed by atoms with Crippen LogP contribution >= 0.6 is 0 Å². The van der Waals surface area contributed by atoms with Crippen molar-refractivity contribution < 1.29 is 23.8 Å². The number of hydrogen-bond acceptors (Lipinski definition) is 4. The zero-order valence-corrected chi connectivity index (χ0v) is 12.5. The van der Waals surface area contributed by atoms with Crippen molar-refractivity contribution in [2.24, 2.45) is 5.92 Å². The molecule has 0 aliphatic carbocycles. The lowest BCUT2D eigenvalue weighted by Crippen LogP contribution is -2.25. The number of carbonyl (C=O) groups excluding carboxylic acids is 1. The second-order valence-corrected chi connectivity index (χ2v) is 5.49. The van der Waals surface area contributed by atoms with E-state index in [1.54, 1.807) is 18.4 Å². The maximum Gasteiger partial charge on any atom is 0.308 e. The average molecular weight is 315 g/mol. The second-order valence-electron chi connectivity index (χ2n) is 5.49. The van der Waals surface area contributed by atoms with E-state index >= 15 is 0 Å². The third kappa shape index (κ3) is 3.60. The summed E-state index contributed by atoms with van der Waals surface area (Å²) in [4.78, 5) is 24.5. The highest BCUT2D eigenvalue weighted by molar-refractivity contribution is 5.99. The topological polar surface area (TPSA) is 80.0 Å². The minimum Gasteiger partial charge on any atom is -0.481 e. The molecular formula is C17H17NO5. The van der Waals surface area contributed by atoms with Crippen molar-refractivity contribution in [1.29, 1.82) is 0 Å². The molecule has 1 atom stereocenters. The van der Waals surface area contributed by atoms with Gasteiger partial charge in [0.1, 0.15) is 12.4 Å². The molecule has 0 spiro atoms. The summed E-state index contributed by atoms with van der Waals surface area (Å²) in [6.45, 7) is 0.977. The Morgan fingerprint density at radius 2 is 2.17 bits per heavy atom. The van der Waals surface area contributed by atoms with E-state index in [1.165, 1.54) is 4.90 Å². The zero-order valence-electron chi connectivity index (χ0n) is 12.5. The number of ether oxygens (including phenoxy) is 1. The first kappa shape index (κ1) is 15.3. The van der Waals surface area contributed by atoms with E-state index in [9.17, 15) is 9.59 Å². The highest BCUT2D eigenvalue weighted by Crippen LogP contribution is 2.26. The first-order chi connectivity index (χ1) is 11.1. The summed E-state index contributed by atoms with van der Waals surface area (Å²) in [5.74, 6) is -0.980. The minimum atomic E-state index is -0.932. The van der Waals surface area contributed by atoms with Crippen LogP contribution in [0.3, 0.4) is 0 Å². The number of rotatable bonds is 6. The first-order valence-corrected chi connectivity index (χ1v) is 7.36. The maximum atomic E-state index is 12.0. The molecule has 120 valence electrons. The number of aliphatic carboxylic acids is 1. The molecule has 0 bridgehead atoms. The standard InChI is InChI=1S/C17H17NO5/c19-16-8-13(17(20)21)9-18(16)14-4-1-3-12(7-14)10-22-11-15-5-2-6-23-15/h1-7,13H,8-11H2,(H,20,21). The molecule has 23 heavy (non-hydrogen) atoms. The molecule has 1 saturated heterocycles. The molecule has 1 aromatic heterocycles. The van der Waals surface area contributed by atoms with Crippen molar-refractivity contribution in [3.63, 3.8) is 0 Å². The molecule has 1 amide bonds. The number of carbonyl (C=O) groups is 2. The molecule has 1 fully saturated rings. The number of benzene rings is 1. The Kier molecular flexibility index (Phi) is 4.43. The largest absolute Gasteiger partial charge is 0.481 e. The van der Waals surface area contributed by atoms with Gasteiger partial charge in [0, 0.05) is 18.7 Å². The summed E-state index contributed by atoms with van der Waals surface area (Å²) in [6, 6.07) is 11.0. The van der Waals surface area contributed by atoms with Crippen LogP contribution in [0.15, 0.2) is 47.1 Å². The second kappa shape index (κ2) is 6.66. The lowest BCUT2D eigenvalue weighted by atomic mass is 10.1. The smallest absolute Gasteiger partial charge is 0.308 e. The van der Waals surface area contributed by atoms with Crippen molar-refractivity contribution in [2.45, 2.75) is 19.6 Å². The van der Waals surface area contributed by atoms with E-state index in [0.29, 0.717) is 18.9 Å². The molecule has 0 radical (unpaired) electrons. The molecular weight excluding hydrogens is 298 g/mol. The highest BCUT2D eigenvalue weighted by Gasteiger charge is 2.35. The Morgan fingerprint density at radius 3 is 2.87 bits per heavy atom. The number of hydrogen-bond donors (Lipinski definition) is 1. The molecule has 3 rings (SSSR count). The van der Waals surface area contributed by atoms with E-state index in [4.69, 9.17) is 14.3 Å². The van der Waals surface area contributed by atoms with Crippen LogP contribution in [0.4, 0.5) is 5.69 Å². The van der Waals surface area contributed by atoms with Gasteiger partial charge in [0.05, 0.1) is 18.8 Å². The molecule has 2 aromatic rings. The maximum absolute atomic E-state index is 12.0. The van der Waals surface area contributed by atoms with Crippen molar-refractivity contribution in [3.8, 4) is 0 Å². The summed E-state index contributed by atoms with van der Waals surface area (Å²) >= 11 is 0. The number of carboxylic acid groups (broad SMARTS) is 1. The van der Waals surface area contributed by atoms with Crippen molar-refractivity contribution in [3.05, 3.63) is 54.0 Å². The van der Waals surface area contributed by atoms with Crippen molar-refractivity contribution >= 4 is 17.6 Å². The third-order valence-electron chi connectivity index (χ3n) is 3.79. The van der Waals surface area contributed by atoms with Gasteiger partial charge in [-0.25, -0.2) is 0 Å². The molecule has 0 saturated carbocycles. The SMILES string of the molecule is O=C(O)C1CC(=O)N(c2cccc(COCc3ccco3)c2)C1. The molecule has 1 aromatic carbocycles. The fraction of sp³-hybridized carbons (Fsp3) is 0.294. The lowest BCUT2D eigenvalue weighted by molar-refractivity contribution is -0.141. The molecule has 6 nitrogen and oxygen atoms in total. The summed E-state index contributed by atoms with van der Waals surface area (Å²) in [7, 11) is 0. The van der Waals surface area contributed by atoms with Crippen LogP contribution in [0.2, 0.25) is 0 Å². The predicted molar refractivity (Wildman–Crippen MR) is 81.7 cm³/mol. The Labute approximate surface area is 133 Å². The predicted octanol–water partition coefficient (Wildman–Crippen LogP) is 2.43. The molecule has 6 heteroatoms. The highest BCUT2D eigenvalue weighted by atomic mass is 16.5. The molecule has 2 heterocycles. The van der Waals surface area contributed by atoms with Crippen molar-refractivity contribution in [2.75, 3.05) is 11.4 Å². The van der Waals surface area contributed by atoms with Gasteiger partial charge in [-0.15, -0.1) is 0 Å². The fourth-order valence-electron chi connectivity index (χ4n) is 2.60. The molecule has 1 aliphatic rings. The normalized spacial score (nSPS) is 17.7. The molecule has 1 aliphatic heterocycles. The number of anilines is 1. The van der Waals surface area contributed by atoms with Crippen LogP contribution in [0, 0.1) is 5.92 Å². The summed E-state index contributed by atoms with van der Waals surface area (Å²) in [5, 5.41) is 9.05. The van der Waals surface area contributed by atoms with E-state index in [0.717, 1.165) is 11.3 Å². The number of furan rings is 1. The van der Waals surface area contributed by atoms with E-state index in [-0.39, 0.29) is 18.9 Å². The van der Waals surface area contributed by atoms with E-state index in [1.807, 2.05) is 24.3 Å². The summed E-state index contributed by atoms with van der Waals surface area (Å²) in [5.41, 5.74) is 1.62. The number of amides is 1. The quantitative estimate of drug-likeness (QED) is 0.885. The Hall–Kier alpha value is -2.60. The lowest BCUT2D eigenvalue weighted by Gasteiger charge is -2.17. The van der Waals surface area contributed by atoms with Gasteiger partial charge < -0.3 is 19.2 Å². The van der Waals surface area contributed by atoms with E-state index < -0.39 is 11.9 Å². The van der Waals surface area contributed by atoms with Crippen LogP contribution in [-0.4, -0.2) is 23.5 Å². The van der Waals surface area contributed by atoms with Gasteiger partial charge in [-0.1, -0.05) is 12.1 Å². The fourth-order valence-corrected chi connectivity index (χ4v) is 2.60. The van der Waals surface area contributed by atoms with Gasteiger partial charge in [0.15, 0.2) is 0 Å². The summed E-state index contributed by atoms with van der Waals surface area (Å²) < 4.78 is 10.8. The van der Waals surface area contributed by atoms with Gasteiger partial charge in [-0.05, 0) is 29.8 Å². The molecule has 1 unspecified atom stereocenters. The Balaban J connectivity index is 1.63. The van der Waals surface area contributed by atoms with Gasteiger partial charge in [0.25, 0.3) is 0 Å². The van der Waals surface area contributed by atoms with Crippen molar-refractivity contribution in [1.82, 2.24) is 0 Å². The first-order valence-electron chi connectivity index (χ1n) is 7.36. The average Bonchev–Trinajstić information content (AvgIpc) is 3.17. The number of carboxylic acids is 1. The van der Waals surface area contributed by atoms with E-state index in [2.05, 4.69) is 0 Å².